The molecule has 1 aliphatic heterocycles. The minimum atomic E-state index is -4.51. The van der Waals surface area contributed by atoms with Gasteiger partial charge in [-0.2, -0.15) is 18.4 Å². The Hall–Kier alpha value is -1.74. The van der Waals surface area contributed by atoms with E-state index in [-0.39, 0.29) is 11.1 Å². The Bertz CT molecular complexity index is 544. The molecule has 1 saturated heterocycles. The van der Waals surface area contributed by atoms with Gasteiger partial charge in [0.25, 0.3) is 0 Å². The molecule has 0 saturated carbocycles. The molecule has 0 aromatic heterocycles. The van der Waals surface area contributed by atoms with Crippen LogP contribution in [-0.2, 0) is 6.18 Å². The molecule has 1 aliphatic rings. The number of alkyl halides is 3. The van der Waals surface area contributed by atoms with Crippen molar-refractivity contribution in [2.24, 2.45) is 0 Å². The zero-order valence-electron chi connectivity index (χ0n) is 11.4. The fourth-order valence-electron chi connectivity index (χ4n) is 2.49. The summed E-state index contributed by atoms with van der Waals surface area (Å²) in [5, 5.41) is 12.0. The Morgan fingerprint density at radius 2 is 2.05 bits per heavy atom. The van der Waals surface area contributed by atoms with Crippen LogP contribution in [0, 0.1) is 11.3 Å². The average Bonchev–Trinajstić information content (AvgIpc) is 2.36. The van der Waals surface area contributed by atoms with Crippen molar-refractivity contribution in [3.8, 4) is 6.07 Å². The van der Waals surface area contributed by atoms with Crippen molar-refractivity contribution in [2.45, 2.75) is 25.6 Å². The third kappa shape index (κ3) is 2.73. The second-order valence-corrected chi connectivity index (χ2v) is 5.48. The lowest BCUT2D eigenvalue weighted by Crippen LogP contribution is -2.58. The van der Waals surface area contributed by atoms with Gasteiger partial charge in [-0.1, -0.05) is 0 Å². The fraction of sp³-hybridized carbons (Fsp3) is 0.500. The van der Waals surface area contributed by atoms with Crippen LogP contribution in [0.5, 0.6) is 0 Å². The number of hydrogen-bond acceptors (Lipinski definition) is 3. The number of nitriles is 1. The molecule has 3 nitrogen and oxygen atoms in total. The molecule has 0 atom stereocenters. The molecule has 0 bridgehead atoms. The molecule has 6 heteroatoms. The van der Waals surface area contributed by atoms with Crippen molar-refractivity contribution in [1.82, 2.24) is 5.32 Å². The van der Waals surface area contributed by atoms with Crippen molar-refractivity contribution in [3.05, 3.63) is 29.3 Å². The maximum absolute atomic E-state index is 13.0. The Morgan fingerprint density at radius 3 is 2.60 bits per heavy atom. The van der Waals surface area contributed by atoms with Gasteiger partial charge < -0.3 is 10.2 Å². The molecule has 0 amide bonds. The lowest BCUT2D eigenvalue weighted by molar-refractivity contribution is -0.137. The van der Waals surface area contributed by atoms with Crippen molar-refractivity contribution in [1.29, 1.82) is 5.26 Å². The van der Waals surface area contributed by atoms with Gasteiger partial charge in [-0.3, -0.25) is 0 Å². The van der Waals surface area contributed by atoms with E-state index >= 15 is 0 Å². The van der Waals surface area contributed by atoms with Gasteiger partial charge in [0.1, 0.15) is 0 Å². The summed E-state index contributed by atoms with van der Waals surface area (Å²) in [6.45, 7) is 6.02. The van der Waals surface area contributed by atoms with Crippen molar-refractivity contribution in [2.75, 3.05) is 24.5 Å². The van der Waals surface area contributed by atoms with E-state index in [9.17, 15) is 13.2 Å². The van der Waals surface area contributed by atoms with E-state index in [1.54, 1.807) is 12.1 Å². The lowest BCUT2D eigenvalue weighted by Gasteiger charge is -2.44. The van der Waals surface area contributed by atoms with Crippen LogP contribution >= 0.6 is 0 Å². The first kappa shape index (κ1) is 14.7. The number of nitrogens with one attached hydrogen (secondary N) is 1. The number of piperazine rings is 1. The van der Waals surface area contributed by atoms with E-state index in [0.29, 0.717) is 18.8 Å². The van der Waals surface area contributed by atoms with Gasteiger partial charge in [-0.05, 0) is 32.0 Å². The van der Waals surface area contributed by atoms with Crippen LogP contribution in [0.3, 0.4) is 0 Å². The van der Waals surface area contributed by atoms with E-state index in [0.717, 1.165) is 12.6 Å². The Labute approximate surface area is 116 Å². The van der Waals surface area contributed by atoms with Crippen LogP contribution in [0.15, 0.2) is 18.2 Å². The van der Waals surface area contributed by atoms with E-state index in [1.807, 2.05) is 18.7 Å². The van der Waals surface area contributed by atoms with Crippen LogP contribution in [0.2, 0.25) is 0 Å². The van der Waals surface area contributed by atoms with Gasteiger partial charge in [0.05, 0.1) is 17.2 Å². The molecular weight excluding hydrogens is 267 g/mol. The van der Waals surface area contributed by atoms with Crippen molar-refractivity contribution < 1.29 is 13.2 Å². The molecule has 1 aromatic rings. The highest BCUT2D eigenvalue weighted by Crippen LogP contribution is 2.36. The average molecular weight is 283 g/mol. The summed E-state index contributed by atoms with van der Waals surface area (Å²) in [6, 6.07) is 5.51. The van der Waals surface area contributed by atoms with Crippen LogP contribution < -0.4 is 10.2 Å². The second kappa shape index (κ2) is 4.98. The Morgan fingerprint density at radius 1 is 1.35 bits per heavy atom. The second-order valence-electron chi connectivity index (χ2n) is 5.48. The van der Waals surface area contributed by atoms with Gasteiger partial charge in [0, 0.05) is 30.9 Å². The highest BCUT2D eigenvalue weighted by Gasteiger charge is 2.36. The van der Waals surface area contributed by atoms with E-state index < -0.39 is 11.7 Å². The number of rotatable bonds is 1. The van der Waals surface area contributed by atoms with E-state index in [1.165, 1.54) is 6.07 Å². The summed E-state index contributed by atoms with van der Waals surface area (Å²) >= 11 is 0. The third-order valence-corrected chi connectivity index (χ3v) is 3.54. The third-order valence-electron chi connectivity index (χ3n) is 3.54. The minimum absolute atomic E-state index is 0.269. The lowest BCUT2D eigenvalue weighted by atomic mass is 9.97. The van der Waals surface area contributed by atoms with Crippen molar-refractivity contribution >= 4 is 5.69 Å². The molecule has 1 aromatic carbocycles. The zero-order chi connectivity index (χ0) is 15.0. The molecule has 108 valence electrons. The van der Waals surface area contributed by atoms with Gasteiger partial charge in [0.2, 0.25) is 0 Å². The predicted molar refractivity (Wildman–Crippen MR) is 70.5 cm³/mol. The highest BCUT2D eigenvalue weighted by molar-refractivity contribution is 5.56. The molecule has 0 spiro atoms. The highest BCUT2D eigenvalue weighted by atomic mass is 19.4. The van der Waals surface area contributed by atoms with E-state index in [2.05, 4.69) is 5.32 Å². The largest absolute Gasteiger partial charge is 0.417 e. The maximum Gasteiger partial charge on any atom is 0.417 e. The number of halogens is 3. The number of anilines is 1. The van der Waals surface area contributed by atoms with Gasteiger partial charge in [-0.15, -0.1) is 0 Å². The summed E-state index contributed by atoms with van der Waals surface area (Å²) in [6.07, 6.45) is -4.51. The smallest absolute Gasteiger partial charge is 0.364 e. The molecule has 0 aliphatic carbocycles. The van der Waals surface area contributed by atoms with Crippen LogP contribution in [0.1, 0.15) is 25.0 Å². The molecule has 1 heterocycles. The molecule has 0 unspecified atom stereocenters. The first-order valence-corrected chi connectivity index (χ1v) is 6.35. The number of nitrogens with zero attached hydrogens (tertiary/aromatic N) is 2. The Kier molecular flexibility index (Phi) is 3.65. The Balaban J connectivity index is 2.46. The van der Waals surface area contributed by atoms with Crippen LogP contribution in [0.25, 0.3) is 0 Å². The zero-order valence-corrected chi connectivity index (χ0v) is 11.4. The quantitative estimate of drug-likeness (QED) is 0.861. The molecular formula is C14H16F3N3. The minimum Gasteiger partial charge on any atom is -0.364 e. The van der Waals surface area contributed by atoms with Gasteiger partial charge >= 0.3 is 6.18 Å². The summed E-state index contributed by atoms with van der Waals surface area (Å²) in [4.78, 5) is 1.94. The normalized spacial score (nSPS) is 18.7. The molecule has 1 fully saturated rings. The molecule has 2 rings (SSSR count). The number of hydrogen-bond donors (Lipinski definition) is 1. The molecule has 20 heavy (non-hydrogen) atoms. The summed E-state index contributed by atoms with van der Waals surface area (Å²) < 4.78 is 39.0. The van der Waals surface area contributed by atoms with Gasteiger partial charge in [0.15, 0.2) is 0 Å². The van der Waals surface area contributed by atoms with Crippen LogP contribution in [0.4, 0.5) is 18.9 Å². The SMILES string of the molecule is CC1(C)CNCCN1c1ccc(C#N)c(C(F)(F)F)c1. The van der Waals surface area contributed by atoms with E-state index in [4.69, 9.17) is 5.26 Å². The van der Waals surface area contributed by atoms with Gasteiger partial charge in [-0.25, -0.2) is 0 Å². The standard InChI is InChI=1S/C14H16F3N3/c1-13(2)9-19-5-6-20(13)11-4-3-10(8-18)12(7-11)14(15,16)17/h3-4,7,19H,5-6,9H2,1-2H3. The topological polar surface area (TPSA) is 39.1 Å². The first-order valence-electron chi connectivity index (χ1n) is 6.35. The van der Waals surface area contributed by atoms with Crippen LogP contribution in [-0.4, -0.2) is 25.2 Å². The maximum atomic E-state index is 13.0. The predicted octanol–water partition coefficient (Wildman–Crippen LogP) is 2.77. The summed E-state index contributed by atoms with van der Waals surface area (Å²) in [5.41, 5.74) is -0.973. The number of benzene rings is 1. The molecule has 1 N–H and O–H groups in total. The summed E-state index contributed by atoms with van der Waals surface area (Å²) in [7, 11) is 0. The monoisotopic (exact) mass is 283 g/mol. The fourth-order valence-corrected chi connectivity index (χ4v) is 2.49. The molecule has 0 radical (unpaired) electrons. The summed E-state index contributed by atoms with van der Waals surface area (Å²) in [5.74, 6) is 0. The first-order chi connectivity index (χ1) is 9.25. The van der Waals surface area contributed by atoms with Crippen molar-refractivity contribution in [3.63, 3.8) is 0 Å².